The Hall–Kier alpha value is -1.66. The summed E-state index contributed by atoms with van der Waals surface area (Å²) in [6.07, 6.45) is 5.49. The van der Waals surface area contributed by atoms with Crippen molar-refractivity contribution in [3.63, 3.8) is 0 Å². The highest BCUT2D eigenvalue weighted by Crippen LogP contribution is 2.30. The van der Waals surface area contributed by atoms with Crippen molar-refractivity contribution in [2.24, 2.45) is 0 Å². The Labute approximate surface area is 109 Å². The van der Waals surface area contributed by atoms with E-state index in [0.29, 0.717) is 0 Å². The first-order chi connectivity index (χ1) is 8.43. The Bertz CT molecular complexity index is 446. The second kappa shape index (κ2) is 5.79. The zero-order chi connectivity index (χ0) is 13.8. The van der Waals surface area contributed by atoms with Crippen LogP contribution in [0.15, 0.2) is 18.2 Å². The minimum Gasteiger partial charge on any atom is -0.497 e. The van der Waals surface area contributed by atoms with Gasteiger partial charge in [0.1, 0.15) is 11.5 Å². The van der Waals surface area contributed by atoms with E-state index < -0.39 is 0 Å². The number of benzene rings is 1. The van der Waals surface area contributed by atoms with Crippen LogP contribution in [0.25, 0.3) is 0 Å². The number of rotatable bonds is 5. The van der Waals surface area contributed by atoms with Gasteiger partial charge in [-0.1, -0.05) is 12.0 Å². The minimum atomic E-state index is -0.357. The summed E-state index contributed by atoms with van der Waals surface area (Å²) in [5.41, 5.74) is 0.700. The molecule has 1 rings (SSSR count). The Balaban J connectivity index is 2.99. The maximum Gasteiger partial charge on any atom is 0.127 e. The normalized spacial score (nSPS) is 12.7. The molecule has 0 radical (unpaired) electrons. The lowest BCUT2D eigenvalue weighted by Crippen LogP contribution is -2.39. The van der Waals surface area contributed by atoms with Gasteiger partial charge in [0, 0.05) is 17.7 Å². The molecule has 3 nitrogen and oxygen atoms in total. The quantitative estimate of drug-likeness (QED) is 0.812. The van der Waals surface area contributed by atoms with E-state index in [0.717, 1.165) is 17.1 Å². The fourth-order valence-corrected chi connectivity index (χ4v) is 1.84. The van der Waals surface area contributed by atoms with Gasteiger partial charge in [-0.15, -0.1) is 6.42 Å². The van der Waals surface area contributed by atoms with Crippen LogP contribution in [0.5, 0.6) is 11.5 Å². The summed E-state index contributed by atoms with van der Waals surface area (Å²) in [6.45, 7) is 6.00. The molecule has 1 atom stereocenters. The maximum absolute atomic E-state index is 5.49. The fourth-order valence-electron chi connectivity index (χ4n) is 1.84. The smallest absolute Gasteiger partial charge is 0.127 e. The predicted molar refractivity (Wildman–Crippen MR) is 74.0 cm³/mol. The molecule has 3 heteroatoms. The van der Waals surface area contributed by atoms with Crippen molar-refractivity contribution in [1.29, 1.82) is 0 Å². The molecule has 0 heterocycles. The summed E-state index contributed by atoms with van der Waals surface area (Å²) in [5.74, 6) is 4.30. The average Bonchev–Trinajstić information content (AvgIpc) is 2.37. The van der Waals surface area contributed by atoms with Crippen molar-refractivity contribution < 1.29 is 9.47 Å². The predicted octanol–water partition coefficient (Wildman–Crippen LogP) is 2.77. The maximum atomic E-state index is 5.49. The zero-order valence-corrected chi connectivity index (χ0v) is 11.7. The van der Waals surface area contributed by atoms with E-state index in [2.05, 4.69) is 18.2 Å². The third-order valence-electron chi connectivity index (χ3n) is 2.85. The van der Waals surface area contributed by atoms with Gasteiger partial charge < -0.3 is 9.47 Å². The van der Waals surface area contributed by atoms with E-state index in [1.54, 1.807) is 14.2 Å². The number of hydrogen-bond donors (Lipinski definition) is 1. The van der Waals surface area contributed by atoms with Crippen LogP contribution in [0.4, 0.5) is 0 Å². The molecular formula is C15H21NO2. The van der Waals surface area contributed by atoms with Gasteiger partial charge in [0.15, 0.2) is 0 Å². The molecule has 0 fully saturated rings. The highest BCUT2D eigenvalue weighted by atomic mass is 16.5. The second-order valence-electron chi connectivity index (χ2n) is 4.74. The lowest BCUT2D eigenvalue weighted by Gasteiger charge is -2.26. The largest absolute Gasteiger partial charge is 0.497 e. The highest BCUT2D eigenvalue weighted by molar-refractivity contribution is 5.42. The van der Waals surface area contributed by atoms with Gasteiger partial charge in [-0.3, -0.25) is 5.32 Å². The van der Waals surface area contributed by atoms with Gasteiger partial charge in [0.2, 0.25) is 0 Å². The number of hydrogen-bond acceptors (Lipinski definition) is 3. The number of methoxy groups -OCH3 is 2. The lowest BCUT2D eigenvalue weighted by atomic mass is 10.0. The molecule has 1 aromatic rings. The third-order valence-corrected chi connectivity index (χ3v) is 2.85. The Morgan fingerprint density at radius 3 is 2.44 bits per heavy atom. The van der Waals surface area contributed by atoms with Crippen LogP contribution in [0.2, 0.25) is 0 Å². The molecule has 1 aromatic carbocycles. The molecule has 0 amide bonds. The zero-order valence-electron chi connectivity index (χ0n) is 11.7. The Morgan fingerprint density at radius 2 is 1.94 bits per heavy atom. The summed E-state index contributed by atoms with van der Waals surface area (Å²) in [6, 6.07) is 5.87. The van der Waals surface area contributed by atoms with Crippen LogP contribution >= 0.6 is 0 Å². The van der Waals surface area contributed by atoms with Gasteiger partial charge in [0.25, 0.3) is 0 Å². The molecule has 0 saturated heterocycles. The molecule has 0 aliphatic carbocycles. The molecule has 98 valence electrons. The molecule has 0 aliphatic heterocycles. The van der Waals surface area contributed by atoms with E-state index in [1.807, 2.05) is 32.0 Å². The average molecular weight is 247 g/mol. The molecule has 0 aromatic heterocycles. The highest BCUT2D eigenvalue weighted by Gasteiger charge is 2.20. The van der Waals surface area contributed by atoms with Crippen molar-refractivity contribution in [3.05, 3.63) is 23.8 Å². The van der Waals surface area contributed by atoms with Crippen LogP contribution < -0.4 is 14.8 Å². The van der Waals surface area contributed by atoms with E-state index in [4.69, 9.17) is 15.9 Å². The monoisotopic (exact) mass is 247 g/mol. The third kappa shape index (κ3) is 3.41. The van der Waals surface area contributed by atoms with Crippen LogP contribution in [0.1, 0.15) is 32.4 Å². The summed E-state index contributed by atoms with van der Waals surface area (Å²) < 4.78 is 10.6. The minimum absolute atomic E-state index is 0.0944. The van der Waals surface area contributed by atoms with Crippen LogP contribution in [0, 0.1) is 12.3 Å². The van der Waals surface area contributed by atoms with Crippen molar-refractivity contribution in [3.8, 4) is 23.8 Å². The molecule has 0 spiro atoms. The number of terminal acetylenes is 1. The molecule has 0 aliphatic rings. The Morgan fingerprint density at radius 1 is 1.28 bits per heavy atom. The second-order valence-corrected chi connectivity index (χ2v) is 4.74. The van der Waals surface area contributed by atoms with Crippen molar-refractivity contribution in [1.82, 2.24) is 5.32 Å². The van der Waals surface area contributed by atoms with Crippen LogP contribution in [-0.4, -0.2) is 19.8 Å². The van der Waals surface area contributed by atoms with Crippen LogP contribution in [-0.2, 0) is 0 Å². The van der Waals surface area contributed by atoms with E-state index in [9.17, 15) is 0 Å². The molecule has 18 heavy (non-hydrogen) atoms. The van der Waals surface area contributed by atoms with E-state index >= 15 is 0 Å². The van der Waals surface area contributed by atoms with Crippen molar-refractivity contribution in [2.75, 3.05) is 14.2 Å². The molecule has 1 unspecified atom stereocenters. The standard InChI is InChI=1S/C15H21NO2/c1-7-15(3,4)16-11(2)13-9-8-12(17-5)10-14(13)18-6/h1,8-11,16H,2-6H3. The Kier molecular flexibility index (Phi) is 4.63. The molecule has 0 saturated carbocycles. The fraction of sp³-hybridized carbons (Fsp3) is 0.467. The first kappa shape index (κ1) is 14.4. The number of nitrogens with one attached hydrogen (secondary N) is 1. The van der Waals surface area contributed by atoms with Gasteiger partial charge in [-0.2, -0.15) is 0 Å². The van der Waals surface area contributed by atoms with E-state index in [-0.39, 0.29) is 11.6 Å². The topological polar surface area (TPSA) is 30.5 Å². The molecule has 0 bridgehead atoms. The number of ether oxygens (including phenoxy) is 2. The first-order valence-corrected chi connectivity index (χ1v) is 5.91. The first-order valence-electron chi connectivity index (χ1n) is 5.91. The summed E-state index contributed by atoms with van der Waals surface area (Å²) >= 11 is 0. The van der Waals surface area contributed by atoms with Gasteiger partial charge in [0.05, 0.1) is 19.8 Å². The summed E-state index contributed by atoms with van der Waals surface area (Å²) in [7, 11) is 3.29. The van der Waals surface area contributed by atoms with Crippen LogP contribution in [0.3, 0.4) is 0 Å². The van der Waals surface area contributed by atoms with Crippen molar-refractivity contribution >= 4 is 0 Å². The SMILES string of the molecule is C#CC(C)(C)NC(C)c1ccc(OC)cc1OC. The lowest BCUT2D eigenvalue weighted by molar-refractivity contribution is 0.376. The molecular weight excluding hydrogens is 226 g/mol. The summed E-state index contributed by atoms with van der Waals surface area (Å²) in [5, 5.41) is 3.38. The van der Waals surface area contributed by atoms with E-state index in [1.165, 1.54) is 0 Å². The van der Waals surface area contributed by atoms with Gasteiger partial charge >= 0.3 is 0 Å². The van der Waals surface area contributed by atoms with Gasteiger partial charge in [-0.05, 0) is 26.8 Å². The van der Waals surface area contributed by atoms with Crippen molar-refractivity contribution in [2.45, 2.75) is 32.4 Å². The summed E-state index contributed by atoms with van der Waals surface area (Å²) in [4.78, 5) is 0. The van der Waals surface area contributed by atoms with Gasteiger partial charge in [-0.25, -0.2) is 0 Å². The molecule has 1 N–H and O–H groups in total.